The second kappa shape index (κ2) is 8.41. The van der Waals surface area contributed by atoms with Crippen LogP contribution in [0.5, 0.6) is 0 Å². The van der Waals surface area contributed by atoms with Gasteiger partial charge in [-0.3, -0.25) is 4.79 Å². The zero-order valence-corrected chi connectivity index (χ0v) is 16.4. The first-order valence-corrected chi connectivity index (χ1v) is 9.59. The minimum Gasteiger partial charge on any atom is -0.335 e. The number of thioether (sulfide) groups is 2. The van der Waals surface area contributed by atoms with E-state index in [-0.39, 0.29) is 27.8 Å². The predicted octanol–water partition coefficient (Wildman–Crippen LogP) is 4.65. The van der Waals surface area contributed by atoms with Crippen molar-refractivity contribution in [1.29, 1.82) is 0 Å². The molecule has 0 spiro atoms. The molecular formula is C15H13BrF3N3OS2. The Labute approximate surface area is 159 Å². The molecule has 25 heavy (non-hydrogen) atoms. The van der Waals surface area contributed by atoms with Crippen molar-refractivity contribution in [3.63, 3.8) is 0 Å². The fraction of sp³-hybridized carbons (Fsp3) is 0.267. The maximum absolute atomic E-state index is 12.4. The molecule has 0 fully saturated rings. The molecule has 2 aromatic heterocycles. The number of nitrogens with zero attached hydrogens (tertiary/aromatic N) is 3. The summed E-state index contributed by atoms with van der Waals surface area (Å²) in [6.45, 7) is 1.95. The van der Waals surface area contributed by atoms with Crippen molar-refractivity contribution in [3.8, 4) is 0 Å². The van der Waals surface area contributed by atoms with E-state index in [1.165, 1.54) is 47.9 Å². The number of alkyl halides is 3. The van der Waals surface area contributed by atoms with E-state index in [4.69, 9.17) is 0 Å². The highest BCUT2D eigenvalue weighted by Gasteiger charge is 2.29. The molecule has 0 aliphatic heterocycles. The average Bonchev–Trinajstić information content (AvgIpc) is 2.49. The van der Waals surface area contributed by atoms with E-state index in [0.717, 1.165) is 10.2 Å². The highest BCUT2D eigenvalue weighted by Crippen LogP contribution is 2.36. The molecule has 0 atom stereocenters. The maximum atomic E-state index is 12.4. The van der Waals surface area contributed by atoms with Crippen LogP contribution < -0.4 is 5.49 Å². The third-order valence-corrected chi connectivity index (χ3v) is 4.90. The summed E-state index contributed by atoms with van der Waals surface area (Å²) >= 11 is 4.55. The summed E-state index contributed by atoms with van der Waals surface area (Å²) in [5.41, 5.74) is -3.91. The number of rotatable bonds is 4. The SMILES string of the molecule is CCSc1cc(Br)cnc1C(=O)/N=c1\ccc(SC(F)(F)F)cn1C. The van der Waals surface area contributed by atoms with Crippen LogP contribution in [0, 0.1) is 0 Å². The van der Waals surface area contributed by atoms with Gasteiger partial charge in [-0.1, -0.05) is 6.92 Å². The molecule has 0 bridgehead atoms. The van der Waals surface area contributed by atoms with Gasteiger partial charge in [-0.2, -0.15) is 18.2 Å². The van der Waals surface area contributed by atoms with Crippen molar-refractivity contribution >= 4 is 45.4 Å². The lowest BCUT2D eigenvalue weighted by Gasteiger charge is -2.08. The molecule has 0 unspecified atom stereocenters. The highest BCUT2D eigenvalue weighted by atomic mass is 79.9. The van der Waals surface area contributed by atoms with E-state index in [2.05, 4.69) is 25.9 Å². The number of hydrogen-bond acceptors (Lipinski definition) is 4. The molecule has 0 aliphatic carbocycles. The Hall–Kier alpha value is -1.26. The third-order valence-electron chi connectivity index (χ3n) is 2.85. The molecule has 0 saturated carbocycles. The van der Waals surface area contributed by atoms with Gasteiger partial charge in [-0.15, -0.1) is 11.8 Å². The molecule has 0 radical (unpaired) electrons. The normalized spacial score (nSPS) is 12.5. The van der Waals surface area contributed by atoms with Crippen LogP contribution in [0.4, 0.5) is 13.2 Å². The third kappa shape index (κ3) is 5.89. The van der Waals surface area contributed by atoms with Crippen LogP contribution in [0.25, 0.3) is 0 Å². The number of amides is 1. The summed E-state index contributed by atoms with van der Waals surface area (Å²) in [6, 6.07) is 4.44. The molecule has 134 valence electrons. The zero-order valence-electron chi connectivity index (χ0n) is 13.2. The monoisotopic (exact) mass is 451 g/mol. The van der Waals surface area contributed by atoms with Crippen molar-refractivity contribution < 1.29 is 18.0 Å². The largest absolute Gasteiger partial charge is 0.446 e. The summed E-state index contributed by atoms with van der Waals surface area (Å²) in [6.07, 6.45) is 2.78. The second-order valence-corrected chi connectivity index (χ2v) is 8.09. The van der Waals surface area contributed by atoms with Gasteiger partial charge < -0.3 is 4.57 Å². The Morgan fingerprint density at radius 1 is 1.40 bits per heavy atom. The Morgan fingerprint density at radius 2 is 2.12 bits per heavy atom. The van der Waals surface area contributed by atoms with E-state index in [1.54, 1.807) is 6.07 Å². The van der Waals surface area contributed by atoms with Gasteiger partial charge in [0.05, 0.1) is 0 Å². The number of aryl methyl sites for hydroxylation is 1. The molecular weight excluding hydrogens is 439 g/mol. The van der Waals surface area contributed by atoms with Gasteiger partial charge in [0.2, 0.25) is 0 Å². The van der Waals surface area contributed by atoms with Crippen molar-refractivity contribution in [2.45, 2.75) is 22.2 Å². The fourth-order valence-electron chi connectivity index (χ4n) is 1.89. The van der Waals surface area contributed by atoms with Crippen molar-refractivity contribution in [1.82, 2.24) is 9.55 Å². The number of carbonyl (C=O) groups is 1. The Bertz CT molecular complexity index is 853. The second-order valence-electron chi connectivity index (χ2n) is 4.73. The van der Waals surface area contributed by atoms with Gasteiger partial charge in [-0.25, -0.2) is 4.98 Å². The number of hydrogen-bond donors (Lipinski definition) is 0. The quantitative estimate of drug-likeness (QED) is 0.634. The van der Waals surface area contributed by atoms with Gasteiger partial charge in [-0.05, 0) is 51.6 Å². The number of halogens is 4. The lowest BCUT2D eigenvalue weighted by Crippen LogP contribution is -2.20. The van der Waals surface area contributed by atoms with Crippen LogP contribution in [0.1, 0.15) is 17.4 Å². The molecule has 2 heterocycles. The molecule has 10 heteroatoms. The Balaban J connectivity index is 2.36. The van der Waals surface area contributed by atoms with Crippen LogP contribution in [0.3, 0.4) is 0 Å². The smallest absolute Gasteiger partial charge is 0.335 e. The molecule has 0 aliphatic rings. The highest BCUT2D eigenvalue weighted by molar-refractivity contribution is 9.10. The Kier molecular flexibility index (Phi) is 6.75. The van der Waals surface area contributed by atoms with E-state index in [1.807, 2.05) is 6.92 Å². The minimum absolute atomic E-state index is 0.0189. The van der Waals surface area contributed by atoms with Gasteiger partial charge >= 0.3 is 5.51 Å². The van der Waals surface area contributed by atoms with Crippen LogP contribution >= 0.6 is 39.5 Å². The maximum Gasteiger partial charge on any atom is 0.446 e. The molecule has 0 saturated heterocycles. The molecule has 2 rings (SSSR count). The van der Waals surface area contributed by atoms with Crippen LogP contribution in [-0.2, 0) is 7.05 Å². The number of pyridine rings is 2. The Morgan fingerprint density at radius 3 is 2.72 bits per heavy atom. The molecule has 0 aromatic carbocycles. The average molecular weight is 452 g/mol. The molecule has 0 N–H and O–H groups in total. The van der Waals surface area contributed by atoms with Gasteiger partial charge in [0.25, 0.3) is 5.91 Å². The van der Waals surface area contributed by atoms with E-state index in [0.29, 0.717) is 4.90 Å². The first-order chi connectivity index (χ1) is 11.7. The number of carbonyl (C=O) groups excluding carboxylic acids is 1. The zero-order chi connectivity index (χ0) is 18.6. The van der Waals surface area contributed by atoms with Crippen molar-refractivity contribution in [3.05, 3.63) is 46.2 Å². The van der Waals surface area contributed by atoms with E-state index in [9.17, 15) is 18.0 Å². The first kappa shape index (κ1) is 20.1. The standard InChI is InChI=1S/C15H13BrF3N3OS2/c1-3-24-11-6-9(16)7-20-13(11)14(23)21-12-5-4-10(8-22(12)2)25-15(17,18)19/h4-8H,3H2,1-2H3/b21-12+. The molecule has 4 nitrogen and oxygen atoms in total. The van der Waals surface area contributed by atoms with Crippen LogP contribution in [-0.4, -0.2) is 26.7 Å². The van der Waals surface area contributed by atoms with Gasteiger partial charge in [0.15, 0.2) is 0 Å². The van der Waals surface area contributed by atoms with Gasteiger partial charge in [0, 0.05) is 33.7 Å². The molecule has 2 aromatic rings. The summed E-state index contributed by atoms with van der Waals surface area (Å²) < 4.78 is 39.4. The lowest BCUT2D eigenvalue weighted by atomic mass is 10.3. The summed E-state index contributed by atoms with van der Waals surface area (Å²) in [5.74, 6) is 0.213. The minimum atomic E-state index is -4.37. The van der Waals surface area contributed by atoms with Crippen LogP contribution in [0.2, 0.25) is 0 Å². The van der Waals surface area contributed by atoms with Gasteiger partial charge in [0.1, 0.15) is 11.2 Å². The van der Waals surface area contributed by atoms with E-state index < -0.39 is 11.4 Å². The number of aromatic nitrogens is 2. The summed E-state index contributed by atoms with van der Waals surface area (Å²) in [4.78, 5) is 21.2. The first-order valence-electron chi connectivity index (χ1n) is 6.99. The molecule has 1 amide bonds. The topological polar surface area (TPSA) is 47.2 Å². The lowest BCUT2D eigenvalue weighted by molar-refractivity contribution is -0.0328. The summed E-state index contributed by atoms with van der Waals surface area (Å²) in [5, 5.41) is 0. The van der Waals surface area contributed by atoms with E-state index >= 15 is 0 Å². The van der Waals surface area contributed by atoms with Crippen molar-refractivity contribution in [2.75, 3.05) is 5.75 Å². The predicted molar refractivity (Wildman–Crippen MR) is 95.6 cm³/mol. The van der Waals surface area contributed by atoms with Crippen molar-refractivity contribution in [2.24, 2.45) is 12.0 Å². The van der Waals surface area contributed by atoms with Crippen LogP contribution in [0.15, 0.2) is 49.8 Å². The fourth-order valence-corrected chi connectivity index (χ4v) is 3.78. The summed E-state index contributed by atoms with van der Waals surface area (Å²) in [7, 11) is 1.53.